The Kier molecular flexibility index (Phi) is 4.61. The molecule has 1 aliphatic heterocycles. The van der Waals surface area contributed by atoms with Crippen LogP contribution in [-0.2, 0) is 9.53 Å². The van der Waals surface area contributed by atoms with Crippen LogP contribution in [0.2, 0.25) is 0 Å². The number of thiol groups is 1. The number of hydrogen-bond donors (Lipinski definition) is 2. The third-order valence-electron chi connectivity index (χ3n) is 2.75. The molecule has 0 aromatic heterocycles. The summed E-state index contributed by atoms with van der Waals surface area (Å²) in [6, 6.07) is -0.330. The van der Waals surface area contributed by atoms with E-state index in [1.54, 1.807) is 6.92 Å². The van der Waals surface area contributed by atoms with Gasteiger partial charge in [0.15, 0.2) is 0 Å². The number of nitrogens with zero attached hydrogens (tertiary/aromatic N) is 1. The van der Waals surface area contributed by atoms with Gasteiger partial charge in [-0.1, -0.05) is 6.92 Å². The molecule has 0 bridgehead atoms. The van der Waals surface area contributed by atoms with Gasteiger partial charge in [0.1, 0.15) is 5.54 Å². The molecule has 3 amide bonds. The summed E-state index contributed by atoms with van der Waals surface area (Å²) in [7, 11) is 0. The van der Waals surface area contributed by atoms with Crippen LogP contribution in [-0.4, -0.2) is 47.9 Å². The second-order valence-corrected chi connectivity index (χ2v) is 4.36. The second kappa shape index (κ2) is 5.54. The van der Waals surface area contributed by atoms with Crippen molar-refractivity contribution in [3.8, 4) is 0 Å². The van der Waals surface area contributed by atoms with Crippen molar-refractivity contribution in [3.63, 3.8) is 0 Å². The molecule has 1 saturated heterocycles. The largest absolute Gasteiger partial charge is 0.379 e. The van der Waals surface area contributed by atoms with Crippen LogP contribution in [0.25, 0.3) is 0 Å². The molecule has 5 nitrogen and oxygen atoms in total. The van der Waals surface area contributed by atoms with Crippen molar-refractivity contribution in [3.05, 3.63) is 0 Å². The Bertz CT molecular complexity index is 285. The standard InChI is InChI=1S/C10H18N2O3S/c1-3-10(2)8(13)12(9(14)11-10)4-5-15-6-7-16/h16H,3-7H2,1-2H3,(H,11,14). The maximum absolute atomic E-state index is 11.9. The fourth-order valence-electron chi connectivity index (χ4n) is 1.51. The third kappa shape index (κ3) is 2.68. The molecule has 0 spiro atoms. The molecule has 1 fully saturated rings. The summed E-state index contributed by atoms with van der Waals surface area (Å²) in [4.78, 5) is 24.7. The van der Waals surface area contributed by atoms with E-state index in [1.165, 1.54) is 4.90 Å². The Morgan fingerprint density at radius 1 is 1.44 bits per heavy atom. The molecule has 0 saturated carbocycles. The molecular formula is C10H18N2O3S. The van der Waals surface area contributed by atoms with Crippen molar-refractivity contribution in [2.75, 3.05) is 25.5 Å². The highest BCUT2D eigenvalue weighted by molar-refractivity contribution is 7.80. The summed E-state index contributed by atoms with van der Waals surface area (Å²) in [5.74, 6) is 0.460. The Morgan fingerprint density at radius 3 is 2.62 bits per heavy atom. The first-order valence-electron chi connectivity index (χ1n) is 5.38. The van der Waals surface area contributed by atoms with Crippen molar-refractivity contribution in [2.45, 2.75) is 25.8 Å². The van der Waals surface area contributed by atoms with E-state index >= 15 is 0 Å². The summed E-state index contributed by atoms with van der Waals surface area (Å²) in [6.45, 7) is 4.80. The van der Waals surface area contributed by atoms with Gasteiger partial charge >= 0.3 is 6.03 Å². The number of carbonyl (C=O) groups excluding carboxylic acids is 2. The molecule has 1 rings (SSSR count). The first-order chi connectivity index (χ1) is 7.55. The lowest BCUT2D eigenvalue weighted by atomic mass is 9.99. The number of amides is 3. The fourth-order valence-corrected chi connectivity index (χ4v) is 1.64. The Labute approximate surface area is 101 Å². The van der Waals surface area contributed by atoms with Crippen LogP contribution < -0.4 is 5.32 Å². The van der Waals surface area contributed by atoms with Crippen LogP contribution in [0.5, 0.6) is 0 Å². The number of imide groups is 1. The first-order valence-corrected chi connectivity index (χ1v) is 6.01. The van der Waals surface area contributed by atoms with Crippen molar-refractivity contribution in [1.82, 2.24) is 10.2 Å². The molecule has 1 aliphatic rings. The predicted molar refractivity (Wildman–Crippen MR) is 63.6 cm³/mol. The number of ether oxygens (including phenoxy) is 1. The van der Waals surface area contributed by atoms with Gasteiger partial charge in [-0.25, -0.2) is 4.79 Å². The molecule has 1 unspecified atom stereocenters. The van der Waals surface area contributed by atoms with Gasteiger partial charge in [0.25, 0.3) is 5.91 Å². The molecule has 6 heteroatoms. The minimum atomic E-state index is -0.749. The summed E-state index contributed by atoms with van der Waals surface area (Å²) >= 11 is 4.00. The maximum atomic E-state index is 11.9. The van der Waals surface area contributed by atoms with Gasteiger partial charge in [-0.3, -0.25) is 9.69 Å². The van der Waals surface area contributed by atoms with Crippen molar-refractivity contribution >= 4 is 24.6 Å². The average molecular weight is 246 g/mol. The second-order valence-electron chi connectivity index (χ2n) is 3.91. The van der Waals surface area contributed by atoms with Gasteiger partial charge in [0, 0.05) is 5.75 Å². The fraction of sp³-hybridized carbons (Fsp3) is 0.800. The lowest BCUT2D eigenvalue weighted by Crippen LogP contribution is -2.43. The summed E-state index contributed by atoms with van der Waals surface area (Å²) in [5.41, 5.74) is -0.749. The molecule has 0 aromatic rings. The van der Waals surface area contributed by atoms with E-state index in [4.69, 9.17) is 4.74 Å². The Hall–Kier alpha value is -0.750. The van der Waals surface area contributed by atoms with E-state index in [-0.39, 0.29) is 11.9 Å². The van der Waals surface area contributed by atoms with E-state index in [0.717, 1.165) is 0 Å². The highest BCUT2D eigenvalue weighted by Gasteiger charge is 2.45. The highest BCUT2D eigenvalue weighted by Crippen LogP contribution is 2.20. The summed E-state index contributed by atoms with van der Waals surface area (Å²) < 4.78 is 5.19. The normalized spacial score (nSPS) is 25.1. The van der Waals surface area contributed by atoms with E-state index in [0.29, 0.717) is 31.9 Å². The zero-order chi connectivity index (χ0) is 12.2. The molecule has 1 heterocycles. The lowest BCUT2D eigenvalue weighted by Gasteiger charge is -2.19. The quantitative estimate of drug-likeness (QED) is 0.411. The summed E-state index contributed by atoms with van der Waals surface area (Å²) in [6.07, 6.45) is 0.589. The number of rotatable bonds is 6. The van der Waals surface area contributed by atoms with Gasteiger partial charge in [-0.15, -0.1) is 0 Å². The topological polar surface area (TPSA) is 58.6 Å². The van der Waals surface area contributed by atoms with Crippen LogP contribution in [0.3, 0.4) is 0 Å². The van der Waals surface area contributed by atoms with Gasteiger partial charge in [0.05, 0.1) is 19.8 Å². The minimum absolute atomic E-state index is 0.172. The molecule has 0 aliphatic carbocycles. The van der Waals surface area contributed by atoms with Gasteiger partial charge in [-0.2, -0.15) is 12.6 Å². The van der Waals surface area contributed by atoms with Gasteiger partial charge in [-0.05, 0) is 13.3 Å². The van der Waals surface area contributed by atoms with Gasteiger partial charge in [0.2, 0.25) is 0 Å². The molecule has 1 atom stereocenters. The Balaban J connectivity index is 2.48. The van der Waals surface area contributed by atoms with E-state index < -0.39 is 5.54 Å². The number of hydrogen-bond acceptors (Lipinski definition) is 4. The number of nitrogens with one attached hydrogen (secondary N) is 1. The number of urea groups is 1. The van der Waals surface area contributed by atoms with E-state index in [2.05, 4.69) is 17.9 Å². The highest BCUT2D eigenvalue weighted by atomic mass is 32.1. The van der Waals surface area contributed by atoms with Crippen LogP contribution in [0, 0.1) is 0 Å². The van der Waals surface area contributed by atoms with Crippen molar-refractivity contribution in [1.29, 1.82) is 0 Å². The minimum Gasteiger partial charge on any atom is -0.379 e. The monoisotopic (exact) mass is 246 g/mol. The van der Waals surface area contributed by atoms with Gasteiger partial charge < -0.3 is 10.1 Å². The number of carbonyl (C=O) groups is 2. The SMILES string of the molecule is CCC1(C)NC(=O)N(CCOCCS)C1=O. The van der Waals surface area contributed by atoms with Crippen LogP contribution in [0.1, 0.15) is 20.3 Å². The van der Waals surface area contributed by atoms with Crippen molar-refractivity contribution < 1.29 is 14.3 Å². The zero-order valence-corrected chi connectivity index (χ0v) is 10.5. The van der Waals surface area contributed by atoms with Crippen LogP contribution in [0.4, 0.5) is 4.79 Å². The van der Waals surface area contributed by atoms with Crippen LogP contribution >= 0.6 is 12.6 Å². The smallest absolute Gasteiger partial charge is 0.325 e. The lowest BCUT2D eigenvalue weighted by molar-refractivity contribution is -0.131. The molecule has 0 aromatic carbocycles. The molecule has 16 heavy (non-hydrogen) atoms. The zero-order valence-electron chi connectivity index (χ0n) is 9.65. The average Bonchev–Trinajstić information content (AvgIpc) is 2.48. The third-order valence-corrected chi connectivity index (χ3v) is 2.93. The molecule has 0 radical (unpaired) electrons. The van der Waals surface area contributed by atoms with E-state index in [9.17, 15) is 9.59 Å². The Morgan fingerprint density at radius 2 is 2.12 bits per heavy atom. The molecular weight excluding hydrogens is 228 g/mol. The molecule has 92 valence electrons. The van der Waals surface area contributed by atoms with E-state index in [1.807, 2.05) is 6.92 Å². The molecule has 1 N–H and O–H groups in total. The van der Waals surface area contributed by atoms with Crippen LogP contribution in [0.15, 0.2) is 0 Å². The maximum Gasteiger partial charge on any atom is 0.325 e. The van der Waals surface area contributed by atoms with Crippen molar-refractivity contribution in [2.24, 2.45) is 0 Å². The summed E-state index contributed by atoms with van der Waals surface area (Å²) in [5, 5.41) is 2.69. The predicted octanol–water partition coefficient (Wildman–Crippen LogP) is 0.653. The first kappa shape index (κ1) is 13.3.